The molecule has 2 saturated carbocycles. The number of anilines is 2. The van der Waals surface area contributed by atoms with Crippen molar-refractivity contribution in [1.29, 1.82) is 0 Å². The molecule has 4 rings (SSSR count). The van der Waals surface area contributed by atoms with Crippen molar-refractivity contribution in [3.63, 3.8) is 0 Å². The van der Waals surface area contributed by atoms with E-state index in [1.165, 1.54) is 25.0 Å². The van der Waals surface area contributed by atoms with Gasteiger partial charge in [0.05, 0.1) is 0 Å². The predicted molar refractivity (Wildman–Crippen MR) is 128 cm³/mol. The first-order valence-corrected chi connectivity index (χ1v) is 12.0. The number of nitrogens with one attached hydrogen (secondary N) is 2. The van der Waals surface area contributed by atoms with Gasteiger partial charge in [0.25, 0.3) is 5.92 Å². The van der Waals surface area contributed by atoms with Crippen LogP contribution in [0.2, 0.25) is 0 Å². The summed E-state index contributed by atoms with van der Waals surface area (Å²) in [5.74, 6) is -0.365. The lowest BCUT2D eigenvalue weighted by atomic mass is 9.86. The van der Waals surface area contributed by atoms with E-state index in [0.29, 0.717) is 24.5 Å². The standard InChI is InChI=1S/C24H33F2N5S/c1-16-22(27-13-17-5-9-20(30-32)10-6-17)28-15-29-23(16)31(21-11-12-21)14-18-3-7-19(8-4-18)24(2,25)26/h3-4,7-8,15,17,20-21,30,32H,5-6,9-14H2,1-2H3,(H,27,28,29). The summed E-state index contributed by atoms with van der Waals surface area (Å²) in [6, 6.07) is 7.61. The summed E-state index contributed by atoms with van der Waals surface area (Å²) in [5.41, 5.74) is 2.09. The van der Waals surface area contributed by atoms with Crippen LogP contribution in [0.25, 0.3) is 0 Å². The average Bonchev–Trinajstić information content (AvgIpc) is 3.62. The second-order valence-corrected chi connectivity index (χ2v) is 9.60. The number of nitrogens with zero attached hydrogens (tertiary/aromatic N) is 3. The predicted octanol–water partition coefficient (Wildman–Crippen LogP) is 5.47. The summed E-state index contributed by atoms with van der Waals surface area (Å²) in [6.45, 7) is 4.56. The number of hydrogen-bond acceptors (Lipinski definition) is 6. The maximum Gasteiger partial charge on any atom is 0.270 e. The van der Waals surface area contributed by atoms with E-state index in [4.69, 9.17) is 0 Å². The molecule has 8 heteroatoms. The minimum absolute atomic E-state index is 0.0445. The zero-order chi connectivity index (χ0) is 22.7. The highest BCUT2D eigenvalue weighted by molar-refractivity contribution is 7.78. The topological polar surface area (TPSA) is 53.1 Å². The summed E-state index contributed by atoms with van der Waals surface area (Å²) in [5, 5.41) is 3.56. The van der Waals surface area contributed by atoms with Gasteiger partial charge in [0.1, 0.15) is 18.0 Å². The number of hydrogen-bond donors (Lipinski definition) is 3. The van der Waals surface area contributed by atoms with Gasteiger partial charge in [-0.25, -0.2) is 18.7 Å². The fraction of sp³-hybridized carbons (Fsp3) is 0.583. The molecule has 5 nitrogen and oxygen atoms in total. The third-order valence-electron chi connectivity index (χ3n) is 6.72. The Morgan fingerprint density at radius 3 is 2.34 bits per heavy atom. The molecule has 2 N–H and O–H groups in total. The fourth-order valence-corrected chi connectivity index (χ4v) is 4.77. The molecule has 1 heterocycles. The molecule has 32 heavy (non-hydrogen) atoms. The molecular weight excluding hydrogens is 428 g/mol. The van der Waals surface area contributed by atoms with Gasteiger partial charge in [-0.05, 0) is 56.9 Å². The summed E-state index contributed by atoms with van der Waals surface area (Å²) in [6.07, 6.45) is 8.55. The first kappa shape index (κ1) is 23.2. The van der Waals surface area contributed by atoms with Crippen LogP contribution in [0.5, 0.6) is 0 Å². The fourth-order valence-electron chi connectivity index (χ4n) is 4.51. The molecule has 2 aliphatic rings. The van der Waals surface area contributed by atoms with Crippen molar-refractivity contribution in [2.45, 2.75) is 76.9 Å². The van der Waals surface area contributed by atoms with E-state index in [1.54, 1.807) is 18.5 Å². The molecule has 0 aliphatic heterocycles. The van der Waals surface area contributed by atoms with E-state index in [-0.39, 0.29) is 5.56 Å². The first-order chi connectivity index (χ1) is 15.3. The van der Waals surface area contributed by atoms with Crippen LogP contribution >= 0.6 is 12.8 Å². The van der Waals surface area contributed by atoms with Crippen LogP contribution in [0.1, 0.15) is 62.1 Å². The van der Waals surface area contributed by atoms with Crippen molar-refractivity contribution in [3.8, 4) is 0 Å². The van der Waals surface area contributed by atoms with Gasteiger partial charge in [-0.1, -0.05) is 37.1 Å². The quantitative estimate of drug-likeness (QED) is 0.432. The van der Waals surface area contributed by atoms with Crippen LogP contribution in [0, 0.1) is 12.8 Å². The number of aromatic nitrogens is 2. The van der Waals surface area contributed by atoms with E-state index >= 15 is 0 Å². The molecule has 0 amide bonds. The number of halogens is 2. The van der Waals surface area contributed by atoms with Crippen molar-refractivity contribution >= 4 is 24.5 Å². The normalized spacial score (nSPS) is 21.4. The van der Waals surface area contributed by atoms with Gasteiger partial charge in [0.2, 0.25) is 0 Å². The molecule has 174 valence electrons. The maximum atomic E-state index is 13.6. The molecule has 0 spiro atoms. The Balaban J connectivity index is 1.44. The van der Waals surface area contributed by atoms with Crippen molar-refractivity contribution < 1.29 is 8.78 Å². The van der Waals surface area contributed by atoms with E-state index in [1.807, 2.05) is 0 Å². The monoisotopic (exact) mass is 461 g/mol. The van der Waals surface area contributed by atoms with Gasteiger partial charge in [-0.3, -0.25) is 4.72 Å². The average molecular weight is 462 g/mol. The lowest BCUT2D eigenvalue weighted by Crippen LogP contribution is -2.30. The van der Waals surface area contributed by atoms with Crippen molar-refractivity contribution in [3.05, 3.63) is 47.3 Å². The van der Waals surface area contributed by atoms with E-state index < -0.39 is 5.92 Å². The number of thiol groups is 1. The van der Waals surface area contributed by atoms with E-state index in [0.717, 1.165) is 61.9 Å². The van der Waals surface area contributed by atoms with Gasteiger partial charge in [-0.2, -0.15) is 0 Å². The lowest BCUT2D eigenvalue weighted by molar-refractivity contribution is 0.0174. The molecule has 2 fully saturated rings. The van der Waals surface area contributed by atoms with Crippen LogP contribution in [0.4, 0.5) is 20.4 Å². The smallest absolute Gasteiger partial charge is 0.270 e. The Morgan fingerprint density at radius 1 is 1.06 bits per heavy atom. The second-order valence-electron chi connectivity index (χ2n) is 9.34. The van der Waals surface area contributed by atoms with E-state index in [9.17, 15) is 8.78 Å². The molecule has 0 unspecified atom stereocenters. The van der Waals surface area contributed by atoms with Crippen molar-refractivity contribution in [2.75, 3.05) is 16.8 Å². The largest absolute Gasteiger partial charge is 0.369 e. The molecule has 2 aliphatic carbocycles. The third kappa shape index (κ3) is 5.70. The minimum Gasteiger partial charge on any atom is -0.369 e. The van der Waals surface area contributed by atoms with Crippen LogP contribution in [-0.4, -0.2) is 28.6 Å². The van der Waals surface area contributed by atoms with Crippen LogP contribution < -0.4 is 14.9 Å². The van der Waals surface area contributed by atoms with Crippen molar-refractivity contribution in [1.82, 2.24) is 14.7 Å². The highest BCUT2D eigenvalue weighted by Gasteiger charge is 2.32. The zero-order valence-corrected chi connectivity index (χ0v) is 19.7. The van der Waals surface area contributed by atoms with Crippen molar-refractivity contribution in [2.24, 2.45) is 5.92 Å². The van der Waals surface area contributed by atoms with Gasteiger partial charge in [-0.15, -0.1) is 0 Å². The van der Waals surface area contributed by atoms with Gasteiger partial charge < -0.3 is 10.2 Å². The summed E-state index contributed by atoms with van der Waals surface area (Å²) in [4.78, 5) is 11.4. The molecule has 1 aromatic heterocycles. The Hall–Kier alpha value is -1.93. The van der Waals surface area contributed by atoms with E-state index in [2.05, 4.69) is 44.6 Å². The van der Waals surface area contributed by atoms with Gasteiger partial charge in [0.15, 0.2) is 0 Å². The molecule has 0 radical (unpaired) electrons. The summed E-state index contributed by atoms with van der Waals surface area (Å²) >= 11 is 4.20. The van der Waals surface area contributed by atoms with Gasteiger partial charge in [0, 0.05) is 43.2 Å². The number of rotatable bonds is 9. The second kappa shape index (κ2) is 9.91. The summed E-state index contributed by atoms with van der Waals surface area (Å²) in [7, 11) is 0. The van der Waals surface area contributed by atoms with Crippen LogP contribution in [0.15, 0.2) is 30.6 Å². The molecule has 2 aromatic rings. The highest BCUT2D eigenvalue weighted by Crippen LogP contribution is 2.36. The molecule has 0 bridgehead atoms. The highest BCUT2D eigenvalue weighted by atomic mass is 32.1. The number of alkyl halides is 2. The number of benzene rings is 1. The zero-order valence-electron chi connectivity index (χ0n) is 18.8. The maximum absolute atomic E-state index is 13.6. The summed E-state index contributed by atoms with van der Waals surface area (Å²) < 4.78 is 30.2. The third-order valence-corrected chi connectivity index (χ3v) is 7.08. The Morgan fingerprint density at radius 2 is 1.75 bits per heavy atom. The Bertz CT molecular complexity index is 890. The Labute approximate surface area is 195 Å². The molecule has 0 saturated heterocycles. The first-order valence-electron chi connectivity index (χ1n) is 11.5. The molecular formula is C24H33F2N5S. The SMILES string of the molecule is Cc1c(NCC2CCC(NS)CC2)ncnc1N(Cc1ccc(C(C)(F)F)cc1)C1CC1. The molecule has 1 aromatic carbocycles. The van der Waals surface area contributed by atoms with Gasteiger partial charge >= 0.3 is 0 Å². The molecule has 0 atom stereocenters. The van der Waals surface area contributed by atoms with Crippen LogP contribution in [-0.2, 0) is 12.5 Å². The van der Waals surface area contributed by atoms with Crippen LogP contribution in [0.3, 0.4) is 0 Å². The minimum atomic E-state index is -2.82. The lowest BCUT2D eigenvalue weighted by Gasteiger charge is -2.29. The Kier molecular flexibility index (Phi) is 7.20.